The van der Waals surface area contributed by atoms with Gasteiger partial charge in [0.25, 0.3) is 10.0 Å². The molecule has 1 aromatic heterocycles. The molecule has 3 aromatic rings. The van der Waals surface area contributed by atoms with E-state index in [-0.39, 0.29) is 10.5 Å². The van der Waals surface area contributed by atoms with Gasteiger partial charge in [-0.25, -0.2) is 13.2 Å². The summed E-state index contributed by atoms with van der Waals surface area (Å²) in [6, 6.07) is 14.9. The summed E-state index contributed by atoms with van der Waals surface area (Å²) < 4.78 is 37.6. The molecule has 1 heterocycles. The molecule has 0 aliphatic rings. The number of ether oxygens (including phenoxy) is 2. The maximum atomic E-state index is 12.6. The van der Waals surface area contributed by atoms with Gasteiger partial charge < -0.3 is 14.5 Å². The van der Waals surface area contributed by atoms with Crippen molar-refractivity contribution in [2.24, 2.45) is 0 Å². The van der Waals surface area contributed by atoms with E-state index in [9.17, 15) is 18.0 Å². The van der Waals surface area contributed by atoms with Crippen molar-refractivity contribution >= 4 is 27.5 Å². The summed E-state index contributed by atoms with van der Waals surface area (Å²) in [6.45, 7) is -0.458. The third kappa shape index (κ3) is 5.02. The van der Waals surface area contributed by atoms with Gasteiger partial charge in [0.15, 0.2) is 6.61 Å². The fraction of sp³-hybridized carbons (Fsp3) is 0.100. The average Bonchev–Trinajstić information content (AvgIpc) is 3.27. The van der Waals surface area contributed by atoms with Crippen LogP contribution in [0.5, 0.6) is 5.75 Å². The van der Waals surface area contributed by atoms with Crippen LogP contribution < -0.4 is 9.46 Å². The molecule has 2 N–H and O–H groups in total. The van der Waals surface area contributed by atoms with E-state index in [1.165, 1.54) is 31.4 Å². The minimum absolute atomic E-state index is 0.0156. The number of esters is 1. The first-order valence-electron chi connectivity index (χ1n) is 8.50. The van der Waals surface area contributed by atoms with Gasteiger partial charge >= 0.3 is 5.97 Å². The Bertz CT molecular complexity index is 1110. The molecule has 0 aliphatic heterocycles. The van der Waals surface area contributed by atoms with Gasteiger partial charge in [0.05, 0.1) is 23.3 Å². The number of methoxy groups -OCH3 is 1. The molecule has 0 spiro atoms. The van der Waals surface area contributed by atoms with Crippen molar-refractivity contribution in [2.45, 2.75) is 4.90 Å². The first-order chi connectivity index (χ1) is 13.9. The van der Waals surface area contributed by atoms with Crippen LogP contribution in [0.15, 0.2) is 71.8 Å². The van der Waals surface area contributed by atoms with Crippen molar-refractivity contribution in [1.82, 2.24) is 4.98 Å². The Kier molecular flexibility index (Phi) is 5.99. The van der Waals surface area contributed by atoms with Crippen LogP contribution in [-0.4, -0.2) is 38.9 Å². The van der Waals surface area contributed by atoms with E-state index in [4.69, 9.17) is 9.47 Å². The smallest absolute Gasteiger partial charge is 0.338 e. The highest BCUT2D eigenvalue weighted by atomic mass is 32.2. The van der Waals surface area contributed by atoms with Crippen molar-refractivity contribution in [3.05, 3.63) is 78.1 Å². The number of sulfonamides is 1. The molecule has 0 bridgehead atoms. The van der Waals surface area contributed by atoms with Gasteiger partial charge in [-0.1, -0.05) is 6.07 Å². The molecule has 2 aromatic carbocycles. The first kappa shape index (κ1) is 20.2. The van der Waals surface area contributed by atoms with Crippen LogP contribution in [0.25, 0.3) is 0 Å². The number of carbonyl (C=O) groups excluding carboxylic acids is 2. The molecule has 3 rings (SSSR count). The Morgan fingerprint density at radius 1 is 1.03 bits per heavy atom. The summed E-state index contributed by atoms with van der Waals surface area (Å²) in [4.78, 5) is 26.7. The summed E-state index contributed by atoms with van der Waals surface area (Å²) in [5, 5.41) is 0. The molecule has 0 atom stereocenters. The highest BCUT2D eigenvalue weighted by Crippen LogP contribution is 2.20. The van der Waals surface area contributed by atoms with Gasteiger partial charge in [0.1, 0.15) is 5.75 Å². The largest absolute Gasteiger partial charge is 0.497 e. The first-order valence-corrected chi connectivity index (χ1v) is 9.98. The zero-order valence-electron chi connectivity index (χ0n) is 15.4. The molecule has 0 saturated heterocycles. The van der Waals surface area contributed by atoms with Gasteiger partial charge in [-0.2, -0.15) is 0 Å². The van der Waals surface area contributed by atoms with Crippen molar-refractivity contribution in [3.63, 3.8) is 0 Å². The minimum Gasteiger partial charge on any atom is -0.497 e. The van der Waals surface area contributed by atoms with E-state index in [0.29, 0.717) is 17.1 Å². The topological polar surface area (TPSA) is 115 Å². The predicted octanol–water partition coefficient (Wildman–Crippen LogP) is 2.86. The van der Waals surface area contributed by atoms with Crippen LogP contribution in [0.1, 0.15) is 20.8 Å². The van der Waals surface area contributed by atoms with Crippen molar-refractivity contribution in [1.29, 1.82) is 0 Å². The lowest BCUT2D eigenvalue weighted by Gasteiger charge is -2.10. The summed E-state index contributed by atoms with van der Waals surface area (Å²) in [6.07, 6.45) is 1.58. The number of ketones is 1. The van der Waals surface area contributed by atoms with Gasteiger partial charge in [-0.05, 0) is 54.6 Å². The number of Topliss-reactive ketones (excluding diaryl/α,β-unsaturated/α-hetero) is 1. The standard InChI is InChI=1S/C20H18N2O6S/c1-27-16-9-7-15(8-10-16)22-29(25,26)17-5-2-4-14(12-17)20(24)28-13-19(23)18-6-3-11-21-18/h2-12,21-22H,13H2,1H3. The van der Waals surface area contributed by atoms with E-state index in [2.05, 4.69) is 9.71 Å². The van der Waals surface area contributed by atoms with E-state index in [1.807, 2.05) is 0 Å². The summed E-state index contributed by atoms with van der Waals surface area (Å²) in [7, 11) is -2.42. The van der Waals surface area contributed by atoms with Crippen LogP contribution in [0, 0.1) is 0 Å². The van der Waals surface area contributed by atoms with Crippen LogP contribution in [-0.2, 0) is 14.8 Å². The lowest BCUT2D eigenvalue weighted by molar-refractivity contribution is 0.0473. The summed E-state index contributed by atoms with van der Waals surface area (Å²) in [5.41, 5.74) is 0.676. The van der Waals surface area contributed by atoms with Crippen LogP contribution in [0.3, 0.4) is 0 Å². The Balaban J connectivity index is 1.70. The molecule has 0 fully saturated rings. The van der Waals surface area contributed by atoms with Crippen LogP contribution in [0.4, 0.5) is 5.69 Å². The monoisotopic (exact) mass is 414 g/mol. The molecule has 8 nitrogen and oxygen atoms in total. The van der Waals surface area contributed by atoms with Gasteiger partial charge in [-0.3, -0.25) is 9.52 Å². The maximum absolute atomic E-state index is 12.6. The molecule has 0 aliphatic carbocycles. The number of rotatable bonds is 8. The van der Waals surface area contributed by atoms with Crippen LogP contribution in [0.2, 0.25) is 0 Å². The minimum atomic E-state index is -3.93. The Hall–Kier alpha value is -3.59. The number of aromatic amines is 1. The van der Waals surface area contributed by atoms with Crippen molar-refractivity contribution in [2.75, 3.05) is 18.4 Å². The van der Waals surface area contributed by atoms with E-state index >= 15 is 0 Å². The lowest BCUT2D eigenvalue weighted by atomic mass is 10.2. The number of nitrogens with one attached hydrogen (secondary N) is 2. The van der Waals surface area contributed by atoms with E-state index in [1.54, 1.807) is 42.6 Å². The number of H-pyrrole nitrogens is 1. The van der Waals surface area contributed by atoms with Gasteiger partial charge in [0.2, 0.25) is 5.78 Å². The summed E-state index contributed by atoms with van der Waals surface area (Å²) in [5.74, 6) is -0.605. The summed E-state index contributed by atoms with van der Waals surface area (Å²) >= 11 is 0. The molecule has 29 heavy (non-hydrogen) atoms. The Morgan fingerprint density at radius 3 is 2.45 bits per heavy atom. The van der Waals surface area contributed by atoms with Gasteiger partial charge in [-0.15, -0.1) is 0 Å². The Morgan fingerprint density at radius 2 is 1.79 bits per heavy atom. The Labute approximate surface area is 167 Å². The zero-order valence-corrected chi connectivity index (χ0v) is 16.2. The molecular formula is C20H18N2O6S. The van der Waals surface area contributed by atoms with E-state index < -0.39 is 28.4 Å². The third-order valence-corrected chi connectivity index (χ3v) is 5.33. The quantitative estimate of drug-likeness (QED) is 0.433. The molecule has 0 radical (unpaired) electrons. The highest BCUT2D eigenvalue weighted by Gasteiger charge is 2.18. The molecule has 0 saturated carbocycles. The zero-order chi connectivity index (χ0) is 20.9. The number of carbonyl (C=O) groups is 2. The number of hydrogen-bond donors (Lipinski definition) is 2. The lowest BCUT2D eigenvalue weighted by Crippen LogP contribution is -2.16. The number of benzene rings is 2. The van der Waals surface area contributed by atoms with Crippen molar-refractivity contribution < 1.29 is 27.5 Å². The third-order valence-electron chi connectivity index (χ3n) is 3.95. The predicted molar refractivity (Wildman–Crippen MR) is 106 cm³/mol. The second kappa shape index (κ2) is 8.61. The molecule has 150 valence electrons. The average molecular weight is 414 g/mol. The SMILES string of the molecule is COc1ccc(NS(=O)(=O)c2cccc(C(=O)OCC(=O)c3ccc[nH]3)c2)cc1. The molecule has 0 amide bonds. The fourth-order valence-corrected chi connectivity index (χ4v) is 3.56. The highest BCUT2D eigenvalue weighted by molar-refractivity contribution is 7.92. The molecule has 0 unspecified atom stereocenters. The van der Waals surface area contributed by atoms with Crippen molar-refractivity contribution in [3.8, 4) is 5.75 Å². The normalized spacial score (nSPS) is 10.9. The second-order valence-corrected chi connectivity index (χ2v) is 7.63. The number of hydrogen-bond acceptors (Lipinski definition) is 6. The second-order valence-electron chi connectivity index (χ2n) is 5.94. The number of aromatic nitrogens is 1. The van der Waals surface area contributed by atoms with E-state index in [0.717, 1.165) is 0 Å². The maximum Gasteiger partial charge on any atom is 0.338 e. The molecular weight excluding hydrogens is 396 g/mol. The van der Waals surface area contributed by atoms with Crippen LogP contribution >= 0.6 is 0 Å². The van der Waals surface area contributed by atoms with Gasteiger partial charge in [0, 0.05) is 11.9 Å². The molecule has 9 heteroatoms. The fourth-order valence-electron chi connectivity index (χ4n) is 2.46. The number of anilines is 1.